The summed E-state index contributed by atoms with van der Waals surface area (Å²) in [7, 11) is -1.64. The Kier molecular flexibility index (Phi) is 7.16. The van der Waals surface area contributed by atoms with Crippen molar-refractivity contribution >= 4 is 38.9 Å². The Morgan fingerprint density at radius 2 is 2.12 bits per heavy atom. The van der Waals surface area contributed by atoms with Gasteiger partial charge >= 0.3 is 0 Å². The highest BCUT2D eigenvalue weighted by Crippen LogP contribution is 2.29. The number of carbonyl (C=O) groups is 1. The maximum absolute atomic E-state index is 12.4. The Labute approximate surface area is 163 Å². The van der Waals surface area contributed by atoms with E-state index in [-0.39, 0.29) is 11.7 Å². The Morgan fingerprint density at radius 3 is 2.77 bits per heavy atom. The van der Waals surface area contributed by atoms with Crippen LogP contribution in [0.25, 0.3) is 10.6 Å². The first kappa shape index (κ1) is 20.8. The first-order chi connectivity index (χ1) is 12.2. The molecule has 0 aliphatic heterocycles. The fourth-order valence-corrected chi connectivity index (χ4v) is 4.31. The monoisotopic (exact) mass is 415 g/mol. The molecule has 9 heteroatoms. The zero-order valence-corrected chi connectivity index (χ0v) is 17.3. The number of thiazole rings is 1. The molecular formula is C17H22ClN3O3S2. The van der Waals surface area contributed by atoms with Gasteiger partial charge in [0.05, 0.1) is 11.4 Å². The zero-order valence-electron chi connectivity index (χ0n) is 15.0. The maximum Gasteiger partial charge on any atom is 0.263 e. The third kappa shape index (κ3) is 5.26. The molecule has 0 atom stereocenters. The van der Waals surface area contributed by atoms with Gasteiger partial charge in [-0.25, -0.2) is 17.7 Å². The minimum absolute atomic E-state index is 0.0716. The van der Waals surface area contributed by atoms with E-state index in [1.54, 1.807) is 27.0 Å². The second-order valence-electron chi connectivity index (χ2n) is 5.78. The summed E-state index contributed by atoms with van der Waals surface area (Å²) < 4.78 is 24.7. The predicted octanol–water partition coefficient (Wildman–Crippen LogP) is 3.17. The van der Waals surface area contributed by atoms with Crippen LogP contribution in [0.2, 0.25) is 5.02 Å². The molecule has 1 amide bonds. The van der Waals surface area contributed by atoms with E-state index in [2.05, 4.69) is 10.3 Å². The summed E-state index contributed by atoms with van der Waals surface area (Å²) in [5.74, 6) is -0.128. The molecule has 0 saturated heterocycles. The van der Waals surface area contributed by atoms with E-state index in [0.717, 1.165) is 10.6 Å². The van der Waals surface area contributed by atoms with Crippen molar-refractivity contribution in [2.45, 2.75) is 20.3 Å². The van der Waals surface area contributed by atoms with E-state index >= 15 is 0 Å². The lowest BCUT2D eigenvalue weighted by Gasteiger charge is -2.15. The van der Waals surface area contributed by atoms with Crippen molar-refractivity contribution in [2.24, 2.45) is 0 Å². The van der Waals surface area contributed by atoms with Crippen LogP contribution in [-0.4, -0.2) is 49.5 Å². The average molecular weight is 416 g/mol. The molecule has 0 saturated carbocycles. The summed E-state index contributed by atoms with van der Waals surface area (Å²) >= 11 is 7.32. The molecule has 0 radical (unpaired) electrons. The van der Waals surface area contributed by atoms with Gasteiger partial charge in [-0.2, -0.15) is 0 Å². The van der Waals surface area contributed by atoms with Gasteiger partial charge in [0.25, 0.3) is 5.91 Å². The highest BCUT2D eigenvalue weighted by molar-refractivity contribution is 7.89. The molecule has 142 valence electrons. The number of aromatic nitrogens is 1. The van der Waals surface area contributed by atoms with Crippen LogP contribution in [0.4, 0.5) is 0 Å². The van der Waals surface area contributed by atoms with Crippen LogP contribution >= 0.6 is 22.9 Å². The van der Waals surface area contributed by atoms with E-state index in [1.165, 1.54) is 15.6 Å². The fourth-order valence-electron chi connectivity index (χ4n) is 2.30. The average Bonchev–Trinajstić information content (AvgIpc) is 3.00. The van der Waals surface area contributed by atoms with Gasteiger partial charge in [-0.05, 0) is 32.4 Å². The second-order valence-corrected chi connectivity index (χ2v) is 9.58. The van der Waals surface area contributed by atoms with Crippen LogP contribution in [0.15, 0.2) is 24.3 Å². The van der Waals surface area contributed by atoms with Crippen molar-refractivity contribution in [3.05, 3.63) is 39.9 Å². The molecular weight excluding hydrogens is 394 g/mol. The third-order valence-corrected chi connectivity index (χ3v) is 7.15. The van der Waals surface area contributed by atoms with E-state index < -0.39 is 10.0 Å². The summed E-state index contributed by atoms with van der Waals surface area (Å²) in [6.45, 7) is 4.16. The van der Waals surface area contributed by atoms with E-state index in [4.69, 9.17) is 11.6 Å². The van der Waals surface area contributed by atoms with Crippen molar-refractivity contribution in [3.8, 4) is 10.6 Å². The molecule has 0 spiro atoms. The molecule has 1 N–H and O–H groups in total. The Bertz CT molecular complexity index is 881. The summed E-state index contributed by atoms with van der Waals surface area (Å²) in [4.78, 5) is 17.4. The number of nitrogens with zero attached hydrogens (tertiary/aromatic N) is 2. The lowest BCUT2D eigenvalue weighted by molar-refractivity contribution is 0.0956. The van der Waals surface area contributed by atoms with Gasteiger partial charge in [0.15, 0.2) is 0 Å². The topological polar surface area (TPSA) is 79.4 Å². The Morgan fingerprint density at radius 1 is 1.38 bits per heavy atom. The lowest BCUT2D eigenvalue weighted by Crippen LogP contribution is -2.32. The van der Waals surface area contributed by atoms with Gasteiger partial charge in [-0.3, -0.25) is 4.79 Å². The van der Waals surface area contributed by atoms with Crippen LogP contribution in [0.3, 0.4) is 0 Å². The maximum atomic E-state index is 12.4. The van der Waals surface area contributed by atoms with Crippen LogP contribution in [0.1, 0.15) is 28.7 Å². The number of hydrogen-bond acceptors (Lipinski definition) is 5. The summed E-state index contributed by atoms with van der Waals surface area (Å²) in [6, 6.07) is 7.34. The lowest BCUT2D eigenvalue weighted by atomic mass is 10.2. The van der Waals surface area contributed by atoms with E-state index in [9.17, 15) is 13.2 Å². The molecule has 1 aromatic carbocycles. The molecule has 2 rings (SSSR count). The van der Waals surface area contributed by atoms with E-state index in [0.29, 0.717) is 35.1 Å². The number of rotatable bonds is 8. The molecule has 2 aromatic rings. The summed E-state index contributed by atoms with van der Waals surface area (Å²) in [5.41, 5.74) is 1.53. The molecule has 0 aliphatic rings. The minimum atomic E-state index is -3.19. The van der Waals surface area contributed by atoms with Gasteiger partial charge in [0.1, 0.15) is 9.88 Å². The number of halogens is 1. The first-order valence-corrected chi connectivity index (χ1v) is 11.0. The van der Waals surface area contributed by atoms with Gasteiger partial charge in [-0.15, -0.1) is 11.3 Å². The van der Waals surface area contributed by atoms with Crippen molar-refractivity contribution < 1.29 is 13.2 Å². The van der Waals surface area contributed by atoms with Crippen LogP contribution in [-0.2, 0) is 10.0 Å². The molecule has 26 heavy (non-hydrogen) atoms. The van der Waals surface area contributed by atoms with Crippen LogP contribution in [0.5, 0.6) is 0 Å². The number of hydrogen-bond donors (Lipinski definition) is 1. The largest absolute Gasteiger partial charge is 0.351 e. The van der Waals surface area contributed by atoms with Crippen molar-refractivity contribution in [1.29, 1.82) is 0 Å². The van der Waals surface area contributed by atoms with Gasteiger partial charge in [0, 0.05) is 30.7 Å². The molecule has 1 heterocycles. The van der Waals surface area contributed by atoms with Crippen molar-refractivity contribution in [3.63, 3.8) is 0 Å². The Balaban J connectivity index is 1.94. The van der Waals surface area contributed by atoms with Gasteiger partial charge < -0.3 is 5.32 Å². The number of aryl methyl sites for hydroxylation is 1. The predicted molar refractivity (Wildman–Crippen MR) is 106 cm³/mol. The highest BCUT2D eigenvalue weighted by Gasteiger charge is 2.17. The zero-order chi connectivity index (χ0) is 19.3. The molecule has 0 unspecified atom stereocenters. The molecule has 0 aliphatic carbocycles. The molecule has 6 nitrogen and oxygen atoms in total. The number of amides is 1. The quantitative estimate of drug-likeness (QED) is 0.671. The molecule has 0 bridgehead atoms. The van der Waals surface area contributed by atoms with Gasteiger partial charge in [-0.1, -0.05) is 23.7 Å². The SMILES string of the molecule is CCS(=O)(=O)N(C)CCCNC(=O)c1sc(-c2cccc(Cl)c2)nc1C. The Hall–Kier alpha value is -1.48. The smallest absolute Gasteiger partial charge is 0.263 e. The van der Waals surface area contributed by atoms with Gasteiger partial charge in [0.2, 0.25) is 10.0 Å². The number of nitrogens with one attached hydrogen (secondary N) is 1. The summed E-state index contributed by atoms with van der Waals surface area (Å²) in [6.07, 6.45) is 0.542. The standard InChI is InChI=1S/C17H22ClN3O3S2/c1-4-26(23,24)21(3)10-6-9-19-16(22)15-12(2)20-17(25-15)13-7-5-8-14(18)11-13/h5,7-8,11H,4,6,9-10H2,1-3H3,(H,19,22). The van der Waals surface area contributed by atoms with Crippen LogP contribution in [0, 0.1) is 6.92 Å². The number of carbonyl (C=O) groups excluding carboxylic acids is 1. The van der Waals surface area contributed by atoms with E-state index in [1.807, 2.05) is 18.2 Å². The summed E-state index contributed by atoms with van der Waals surface area (Å²) in [5, 5.41) is 4.18. The second kappa shape index (κ2) is 8.94. The van der Waals surface area contributed by atoms with Crippen molar-refractivity contribution in [2.75, 3.05) is 25.9 Å². The third-order valence-electron chi connectivity index (χ3n) is 3.85. The fraction of sp³-hybridized carbons (Fsp3) is 0.412. The number of sulfonamides is 1. The normalized spacial score (nSPS) is 11.7. The first-order valence-electron chi connectivity index (χ1n) is 8.20. The molecule has 1 aromatic heterocycles. The number of benzene rings is 1. The molecule has 0 fully saturated rings. The van der Waals surface area contributed by atoms with Crippen molar-refractivity contribution in [1.82, 2.24) is 14.6 Å². The minimum Gasteiger partial charge on any atom is -0.351 e. The van der Waals surface area contributed by atoms with Crippen LogP contribution < -0.4 is 5.32 Å². The highest BCUT2D eigenvalue weighted by atomic mass is 35.5.